The molecule has 1 atom stereocenters. The van der Waals surface area contributed by atoms with E-state index < -0.39 is 23.3 Å². The van der Waals surface area contributed by atoms with Gasteiger partial charge in [0, 0.05) is 11.6 Å². The van der Waals surface area contributed by atoms with E-state index in [4.69, 9.17) is 14.6 Å². The molecule has 1 aliphatic rings. The van der Waals surface area contributed by atoms with E-state index in [1.165, 1.54) is 12.1 Å². The van der Waals surface area contributed by atoms with Gasteiger partial charge in [-0.3, -0.25) is 0 Å². The molecule has 24 heavy (non-hydrogen) atoms. The number of halogens is 3. The Hall–Kier alpha value is -2.18. The molecule has 0 spiro atoms. The lowest BCUT2D eigenvalue weighted by Gasteiger charge is -2.36. The third kappa shape index (κ3) is 3.49. The summed E-state index contributed by atoms with van der Waals surface area (Å²) in [5.74, 6) is -1.37. The Kier molecular flexibility index (Phi) is 4.33. The van der Waals surface area contributed by atoms with E-state index in [2.05, 4.69) is 0 Å². The predicted molar refractivity (Wildman–Crippen MR) is 82.1 cm³/mol. The Balaban J connectivity index is 2.42. The summed E-state index contributed by atoms with van der Waals surface area (Å²) in [5, 5.41) is 9.12. The third-order valence-corrected chi connectivity index (χ3v) is 3.56. The number of carboxylic acid groups (broad SMARTS) is 1. The van der Waals surface area contributed by atoms with Gasteiger partial charge in [0.15, 0.2) is 0 Å². The van der Waals surface area contributed by atoms with Crippen molar-refractivity contribution in [3.05, 3.63) is 29.3 Å². The summed E-state index contributed by atoms with van der Waals surface area (Å²) < 4.78 is 50.8. The minimum absolute atomic E-state index is 0.0637. The second-order valence-electron chi connectivity index (χ2n) is 7.05. The maximum absolute atomic E-state index is 13.4. The molecular formula is C17H19F3O4. The van der Waals surface area contributed by atoms with Crippen molar-refractivity contribution in [2.75, 3.05) is 6.61 Å². The fourth-order valence-electron chi connectivity index (χ4n) is 2.16. The van der Waals surface area contributed by atoms with Crippen LogP contribution in [0.15, 0.2) is 23.8 Å². The van der Waals surface area contributed by atoms with Gasteiger partial charge in [-0.15, -0.1) is 0 Å². The third-order valence-electron chi connectivity index (χ3n) is 3.56. The van der Waals surface area contributed by atoms with Gasteiger partial charge in [-0.1, -0.05) is 20.8 Å². The SMILES string of the molecule is CC(C)(C)COc1ccc2c(c1)OC(C)(C(F)(F)F)C(C(=O)O)=C2. The van der Waals surface area contributed by atoms with Gasteiger partial charge in [0.25, 0.3) is 0 Å². The number of ether oxygens (including phenoxy) is 2. The number of benzene rings is 1. The van der Waals surface area contributed by atoms with Gasteiger partial charge in [0.05, 0.1) is 12.2 Å². The highest BCUT2D eigenvalue weighted by Gasteiger charge is 2.59. The minimum atomic E-state index is -4.88. The van der Waals surface area contributed by atoms with E-state index in [0.29, 0.717) is 19.3 Å². The summed E-state index contributed by atoms with van der Waals surface area (Å²) in [6, 6.07) is 4.40. The van der Waals surface area contributed by atoms with Crippen LogP contribution in [-0.4, -0.2) is 29.5 Å². The van der Waals surface area contributed by atoms with Crippen LogP contribution in [0.3, 0.4) is 0 Å². The van der Waals surface area contributed by atoms with Crippen molar-refractivity contribution in [3.63, 3.8) is 0 Å². The Bertz CT molecular complexity index is 686. The summed E-state index contributed by atoms with van der Waals surface area (Å²) in [6.45, 7) is 6.97. The van der Waals surface area contributed by atoms with Crippen LogP contribution in [-0.2, 0) is 4.79 Å². The van der Waals surface area contributed by atoms with E-state index in [1.54, 1.807) is 6.07 Å². The molecule has 0 saturated carbocycles. The number of aliphatic carboxylic acids is 1. The molecular weight excluding hydrogens is 325 g/mol. The zero-order valence-corrected chi connectivity index (χ0v) is 13.8. The van der Waals surface area contributed by atoms with Gasteiger partial charge in [-0.25, -0.2) is 4.79 Å². The predicted octanol–water partition coefficient (Wildman–Crippen LogP) is 4.29. The molecule has 1 heterocycles. The van der Waals surface area contributed by atoms with Crippen molar-refractivity contribution in [2.24, 2.45) is 5.41 Å². The van der Waals surface area contributed by atoms with Crippen molar-refractivity contribution in [2.45, 2.75) is 39.5 Å². The maximum Gasteiger partial charge on any atom is 0.432 e. The Morgan fingerprint density at radius 3 is 2.42 bits per heavy atom. The number of rotatable bonds is 3. The van der Waals surface area contributed by atoms with Crippen LogP contribution in [0.5, 0.6) is 11.5 Å². The van der Waals surface area contributed by atoms with Gasteiger partial charge in [0.1, 0.15) is 11.5 Å². The molecule has 7 heteroatoms. The summed E-state index contributed by atoms with van der Waals surface area (Å²) in [5.41, 5.74) is -3.63. The van der Waals surface area contributed by atoms with Gasteiger partial charge in [0.2, 0.25) is 5.60 Å². The van der Waals surface area contributed by atoms with Crippen molar-refractivity contribution < 1.29 is 32.5 Å². The highest BCUT2D eigenvalue weighted by atomic mass is 19.4. The number of carboxylic acids is 1. The normalized spacial score (nSPS) is 20.7. The van der Waals surface area contributed by atoms with Crippen LogP contribution in [0.1, 0.15) is 33.3 Å². The average Bonchev–Trinajstić information content (AvgIpc) is 2.41. The molecule has 132 valence electrons. The first-order chi connectivity index (χ1) is 10.8. The summed E-state index contributed by atoms with van der Waals surface area (Å²) in [4.78, 5) is 11.2. The number of fused-ring (bicyclic) bond motifs is 1. The summed E-state index contributed by atoms with van der Waals surface area (Å²) >= 11 is 0. The molecule has 0 saturated heterocycles. The monoisotopic (exact) mass is 344 g/mol. The Morgan fingerprint density at radius 1 is 1.29 bits per heavy atom. The lowest BCUT2D eigenvalue weighted by Crippen LogP contribution is -2.52. The molecule has 0 bridgehead atoms. The molecule has 1 unspecified atom stereocenters. The molecule has 4 nitrogen and oxygen atoms in total. The van der Waals surface area contributed by atoms with Crippen LogP contribution in [0.25, 0.3) is 6.08 Å². The van der Waals surface area contributed by atoms with E-state index in [0.717, 1.165) is 6.08 Å². The van der Waals surface area contributed by atoms with Crippen molar-refractivity contribution in [3.8, 4) is 11.5 Å². The molecule has 1 aromatic carbocycles. The average molecular weight is 344 g/mol. The smallest absolute Gasteiger partial charge is 0.432 e. The lowest BCUT2D eigenvalue weighted by atomic mass is 9.90. The first kappa shape index (κ1) is 18.2. The number of carbonyl (C=O) groups is 1. The molecule has 1 N–H and O–H groups in total. The van der Waals surface area contributed by atoms with E-state index in [1.807, 2.05) is 20.8 Å². The van der Waals surface area contributed by atoms with Crippen LogP contribution in [0, 0.1) is 5.41 Å². The zero-order chi connectivity index (χ0) is 18.3. The van der Waals surface area contributed by atoms with E-state index in [-0.39, 0.29) is 16.7 Å². The zero-order valence-electron chi connectivity index (χ0n) is 13.8. The fraction of sp³-hybridized carbons (Fsp3) is 0.471. The molecule has 0 fully saturated rings. The largest absolute Gasteiger partial charge is 0.493 e. The van der Waals surface area contributed by atoms with Gasteiger partial charge < -0.3 is 14.6 Å². The van der Waals surface area contributed by atoms with E-state index >= 15 is 0 Å². The number of hydrogen-bond donors (Lipinski definition) is 1. The molecule has 0 aliphatic carbocycles. The van der Waals surface area contributed by atoms with Crippen molar-refractivity contribution in [1.29, 1.82) is 0 Å². The standard InChI is InChI=1S/C17H19F3O4/c1-15(2,3)9-23-11-6-5-10-7-12(14(21)22)16(4,17(18,19)20)24-13(10)8-11/h5-8H,9H2,1-4H3,(H,21,22). The quantitative estimate of drug-likeness (QED) is 0.889. The maximum atomic E-state index is 13.4. The van der Waals surface area contributed by atoms with Crippen LogP contribution in [0.2, 0.25) is 0 Å². The Labute approximate surface area is 137 Å². The second-order valence-corrected chi connectivity index (χ2v) is 7.05. The summed E-state index contributed by atoms with van der Waals surface area (Å²) in [7, 11) is 0. The highest BCUT2D eigenvalue weighted by molar-refractivity contribution is 5.96. The highest BCUT2D eigenvalue weighted by Crippen LogP contribution is 2.45. The second kappa shape index (κ2) is 5.72. The number of hydrogen-bond acceptors (Lipinski definition) is 3. The molecule has 0 amide bonds. The first-order valence-corrected chi connectivity index (χ1v) is 7.31. The Morgan fingerprint density at radius 2 is 1.92 bits per heavy atom. The molecule has 1 aromatic rings. The van der Waals surface area contributed by atoms with Crippen LogP contribution >= 0.6 is 0 Å². The van der Waals surface area contributed by atoms with Gasteiger partial charge in [-0.05, 0) is 30.5 Å². The van der Waals surface area contributed by atoms with Crippen molar-refractivity contribution in [1.82, 2.24) is 0 Å². The number of alkyl halides is 3. The van der Waals surface area contributed by atoms with Gasteiger partial charge >= 0.3 is 12.1 Å². The topological polar surface area (TPSA) is 55.8 Å². The molecule has 0 aromatic heterocycles. The van der Waals surface area contributed by atoms with Gasteiger partial charge in [-0.2, -0.15) is 13.2 Å². The van der Waals surface area contributed by atoms with Crippen LogP contribution < -0.4 is 9.47 Å². The van der Waals surface area contributed by atoms with E-state index in [9.17, 15) is 18.0 Å². The fourth-order valence-corrected chi connectivity index (χ4v) is 2.16. The first-order valence-electron chi connectivity index (χ1n) is 7.31. The minimum Gasteiger partial charge on any atom is -0.493 e. The molecule has 1 aliphatic heterocycles. The summed E-state index contributed by atoms with van der Waals surface area (Å²) in [6.07, 6.45) is -3.89. The van der Waals surface area contributed by atoms with Crippen LogP contribution in [0.4, 0.5) is 13.2 Å². The molecule has 0 radical (unpaired) electrons. The lowest BCUT2D eigenvalue weighted by molar-refractivity contribution is -0.228. The molecule has 2 rings (SSSR count). The van der Waals surface area contributed by atoms with Crippen molar-refractivity contribution >= 4 is 12.0 Å².